The van der Waals surface area contributed by atoms with Gasteiger partial charge in [-0.2, -0.15) is 0 Å². The molecule has 0 aliphatic heterocycles. The van der Waals surface area contributed by atoms with Crippen molar-refractivity contribution in [2.24, 2.45) is 5.92 Å². The average Bonchev–Trinajstić information content (AvgIpc) is 2.29. The van der Waals surface area contributed by atoms with Crippen molar-refractivity contribution in [3.05, 3.63) is 32.2 Å². The molecule has 0 aromatic heterocycles. The normalized spacial score (nSPS) is 13.1. The van der Waals surface area contributed by atoms with Gasteiger partial charge in [0, 0.05) is 15.0 Å². The second kappa shape index (κ2) is 7.66. The van der Waals surface area contributed by atoms with Gasteiger partial charge < -0.3 is 5.32 Å². The molecule has 1 atom stereocenters. The molecule has 0 radical (unpaired) electrons. The zero-order valence-corrected chi connectivity index (χ0v) is 14.9. The number of benzene rings is 1. The summed E-state index contributed by atoms with van der Waals surface area (Å²) in [6.45, 7) is 9.85. The zero-order chi connectivity index (χ0) is 13.7. The highest BCUT2D eigenvalue weighted by atomic mass is 79.9. The van der Waals surface area contributed by atoms with E-state index in [1.807, 2.05) is 0 Å². The van der Waals surface area contributed by atoms with Crippen LogP contribution < -0.4 is 5.32 Å². The molecule has 1 N–H and O–H groups in total. The molecule has 0 heterocycles. The molecular weight excluding hydrogens is 354 g/mol. The minimum Gasteiger partial charge on any atom is -0.310 e. The predicted molar refractivity (Wildman–Crippen MR) is 87.1 cm³/mol. The third-order valence-electron chi connectivity index (χ3n) is 3.14. The Morgan fingerprint density at radius 3 is 2.33 bits per heavy atom. The minimum absolute atomic E-state index is 0.434. The maximum atomic E-state index is 3.70. The average molecular weight is 377 g/mol. The Kier molecular flexibility index (Phi) is 6.89. The van der Waals surface area contributed by atoms with E-state index < -0.39 is 0 Å². The molecule has 1 rings (SSSR count). The predicted octanol–water partition coefficient (Wildman–Crippen LogP) is 5.61. The molecule has 1 aromatic carbocycles. The van der Waals surface area contributed by atoms with Gasteiger partial charge in [-0.3, -0.25) is 0 Å². The molecule has 3 heteroatoms. The van der Waals surface area contributed by atoms with Gasteiger partial charge in [-0.25, -0.2) is 0 Å². The van der Waals surface area contributed by atoms with Crippen molar-refractivity contribution < 1.29 is 0 Å². The topological polar surface area (TPSA) is 12.0 Å². The third-order valence-corrected chi connectivity index (χ3v) is 4.68. The van der Waals surface area contributed by atoms with Crippen LogP contribution in [0.15, 0.2) is 21.1 Å². The first-order valence-corrected chi connectivity index (χ1v) is 8.23. The maximum absolute atomic E-state index is 3.70. The van der Waals surface area contributed by atoms with E-state index in [2.05, 4.69) is 77.0 Å². The fraction of sp³-hybridized carbons (Fsp3) is 0.600. The van der Waals surface area contributed by atoms with Crippen molar-refractivity contribution in [3.8, 4) is 0 Å². The largest absolute Gasteiger partial charge is 0.310 e. The number of halogens is 2. The van der Waals surface area contributed by atoms with Crippen molar-refractivity contribution in [1.82, 2.24) is 5.32 Å². The van der Waals surface area contributed by atoms with Crippen LogP contribution in [0.1, 0.15) is 50.8 Å². The fourth-order valence-corrected chi connectivity index (χ4v) is 3.14. The highest BCUT2D eigenvalue weighted by Gasteiger charge is 2.15. The smallest absolute Gasteiger partial charge is 0.0331 e. The Hall–Kier alpha value is 0.140. The highest BCUT2D eigenvalue weighted by Crippen LogP contribution is 2.32. The Morgan fingerprint density at radius 2 is 1.78 bits per heavy atom. The van der Waals surface area contributed by atoms with Crippen molar-refractivity contribution in [2.75, 3.05) is 6.54 Å². The first-order valence-electron chi connectivity index (χ1n) is 6.64. The summed E-state index contributed by atoms with van der Waals surface area (Å²) in [5.74, 6) is 0.749. The number of aryl methyl sites for hydroxylation is 1. The summed E-state index contributed by atoms with van der Waals surface area (Å²) < 4.78 is 2.39. The van der Waals surface area contributed by atoms with Gasteiger partial charge in [-0.1, -0.05) is 52.6 Å². The van der Waals surface area contributed by atoms with Crippen LogP contribution in [0, 0.1) is 12.8 Å². The summed E-state index contributed by atoms with van der Waals surface area (Å²) in [7, 11) is 0. The molecule has 0 bridgehead atoms. The lowest BCUT2D eigenvalue weighted by atomic mass is 9.97. The van der Waals surface area contributed by atoms with E-state index in [1.54, 1.807) is 0 Å². The molecule has 1 aromatic rings. The zero-order valence-electron chi connectivity index (χ0n) is 11.7. The van der Waals surface area contributed by atoms with Crippen LogP contribution in [0.4, 0.5) is 0 Å². The first kappa shape index (κ1) is 16.2. The summed E-state index contributed by atoms with van der Waals surface area (Å²) in [5, 5.41) is 3.59. The molecule has 0 aliphatic carbocycles. The van der Waals surface area contributed by atoms with Crippen LogP contribution in [0.5, 0.6) is 0 Å². The molecule has 0 saturated heterocycles. The van der Waals surface area contributed by atoms with E-state index >= 15 is 0 Å². The Morgan fingerprint density at radius 1 is 1.11 bits per heavy atom. The third kappa shape index (κ3) is 4.67. The van der Waals surface area contributed by atoms with Gasteiger partial charge in [-0.15, -0.1) is 0 Å². The lowest BCUT2D eigenvalue weighted by Gasteiger charge is -2.21. The van der Waals surface area contributed by atoms with Gasteiger partial charge in [0.2, 0.25) is 0 Å². The highest BCUT2D eigenvalue weighted by molar-refractivity contribution is 9.11. The van der Waals surface area contributed by atoms with Crippen LogP contribution in [0.25, 0.3) is 0 Å². The molecule has 0 aliphatic rings. The number of hydrogen-bond acceptors (Lipinski definition) is 1. The minimum atomic E-state index is 0.434. The molecule has 0 amide bonds. The van der Waals surface area contributed by atoms with E-state index in [0.29, 0.717) is 6.04 Å². The van der Waals surface area contributed by atoms with Gasteiger partial charge in [0.1, 0.15) is 0 Å². The van der Waals surface area contributed by atoms with Crippen molar-refractivity contribution in [2.45, 2.75) is 46.6 Å². The molecule has 0 fully saturated rings. The van der Waals surface area contributed by atoms with E-state index in [1.165, 1.54) is 32.9 Å². The maximum Gasteiger partial charge on any atom is 0.0331 e. The summed E-state index contributed by atoms with van der Waals surface area (Å²) in [5.41, 5.74) is 2.62. The first-order chi connectivity index (χ1) is 8.45. The Bertz CT molecular complexity index is 388. The summed E-state index contributed by atoms with van der Waals surface area (Å²) in [6.07, 6.45) is 2.43. The molecule has 18 heavy (non-hydrogen) atoms. The van der Waals surface area contributed by atoms with E-state index in [-0.39, 0.29) is 0 Å². The van der Waals surface area contributed by atoms with Crippen molar-refractivity contribution >= 4 is 31.9 Å². The van der Waals surface area contributed by atoms with Crippen molar-refractivity contribution in [1.29, 1.82) is 0 Å². The van der Waals surface area contributed by atoms with Gasteiger partial charge in [-0.05, 0) is 55.5 Å². The fourth-order valence-electron chi connectivity index (χ4n) is 2.04. The lowest BCUT2D eigenvalue weighted by Crippen LogP contribution is -2.21. The second-order valence-corrected chi connectivity index (χ2v) is 6.91. The van der Waals surface area contributed by atoms with Crippen LogP contribution in [0.3, 0.4) is 0 Å². The monoisotopic (exact) mass is 375 g/mol. The quantitative estimate of drug-likeness (QED) is 0.680. The molecule has 1 unspecified atom stereocenters. The second-order valence-electron chi connectivity index (χ2n) is 5.20. The van der Waals surface area contributed by atoms with Crippen molar-refractivity contribution in [3.63, 3.8) is 0 Å². The van der Waals surface area contributed by atoms with Crippen LogP contribution in [-0.4, -0.2) is 6.54 Å². The summed E-state index contributed by atoms with van der Waals surface area (Å²) in [6, 6.07) is 4.87. The molecule has 102 valence electrons. The van der Waals surface area contributed by atoms with E-state index in [9.17, 15) is 0 Å². The van der Waals surface area contributed by atoms with Gasteiger partial charge in [0.15, 0.2) is 0 Å². The summed E-state index contributed by atoms with van der Waals surface area (Å²) in [4.78, 5) is 0. The Labute approximate surface area is 128 Å². The molecular formula is C15H23Br2N. The summed E-state index contributed by atoms with van der Waals surface area (Å²) >= 11 is 7.33. The molecule has 1 nitrogen and oxygen atoms in total. The van der Waals surface area contributed by atoms with E-state index in [0.717, 1.165) is 12.5 Å². The Balaban J connectivity index is 2.94. The molecule has 0 saturated carbocycles. The van der Waals surface area contributed by atoms with Crippen LogP contribution >= 0.6 is 31.9 Å². The molecule has 0 spiro atoms. The van der Waals surface area contributed by atoms with Crippen LogP contribution in [0.2, 0.25) is 0 Å². The number of rotatable bonds is 6. The standard InChI is InChI=1S/C15H23Br2N/c1-5-18-15(7-6-10(2)3)12-9-13(16)11(4)8-14(12)17/h8-10,15,18H,5-7H2,1-4H3. The van der Waals surface area contributed by atoms with Gasteiger partial charge >= 0.3 is 0 Å². The van der Waals surface area contributed by atoms with Crippen LogP contribution in [-0.2, 0) is 0 Å². The number of hydrogen-bond donors (Lipinski definition) is 1. The number of nitrogens with one attached hydrogen (secondary N) is 1. The lowest BCUT2D eigenvalue weighted by molar-refractivity contribution is 0.447. The van der Waals surface area contributed by atoms with Gasteiger partial charge in [0.05, 0.1) is 0 Å². The van der Waals surface area contributed by atoms with E-state index in [4.69, 9.17) is 0 Å². The van der Waals surface area contributed by atoms with Gasteiger partial charge in [0.25, 0.3) is 0 Å². The SMILES string of the molecule is CCNC(CCC(C)C)c1cc(Br)c(C)cc1Br.